The number of likely N-dealkylation sites (tertiary alicyclic amines) is 1. The molecule has 7 nitrogen and oxygen atoms in total. The highest BCUT2D eigenvalue weighted by atomic mass is 19.1. The van der Waals surface area contributed by atoms with Gasteiger partial charge in [-0.3, -0.25) is 19.9 Å². The van der Waals surface area contributed by atoms with Gasteiger partial charge >= 0.3 is 0 Å². The van der Waals surface area contributed by atoms with Gasteiger partial charge in [-0.05, 0) is 90.9 Å². The number of halogens is 1. The molecule has 1 saturated heterocycles. The number of nitrogens with zero attached hydrogens (tertiary/aromatic N) is 5. The SMILES string of the molecule is CC(C)CCNc1cncc(-c2ccc3c(c2)C(c2nc4c(-c5cc(F)cc(CN6CCC6)c5)cncc4[nH]2)=NCC3)c1. The molecule has 2 aliphatic rings. The maximum absolute atomic E-state index is 14.7. The number of imidazole rings is 1. The second-order valence-electron chi connectivity index (χ2n) is 12.1. The molecule has 5 heterocycles. The van der Waals surface area contributed by atoms with E-state index in [0.29, 0.717) is 18.3 Å². The van der Waals surface area contributed by atoms with Gasteiger partial charge in [0.05, 0.1) is 22.9 Å². The van der Waals surface area contributed by atoms with Crippen LogP contribution in [0.4, 0.5) is 10.1 Å². The van der Waals surface area contributed by atoms with Gasteiger partial charge in [0, 0.05) is 54.9 Å². The first-order valence-corrected chi connectivity index (χ1v) is 15.2. The number of pyridine rings is 2. The highest BCUT2D eigenvalue weighted by Crippen LogP contribution is 2.31. The predicted octanol–water partition coefficient (Wildman–Crippen LogP) is 6.88. The molecule has 0 aliphatic carbocycles. The standard InChI is InChI=1S/C35H36FN7/c1-22(2)6-8-39-29-15-27(17-37-18-29)25-5-4-24-7-9-40-34(30(24)16-25)35-41-32-20-38-19-31(33(32)42-35)26-12-23(13-28(36)14-26)21-43-10-3-11-43/h4-5,12-20,22,39H,3,6-11,21H2,1-2H3,(H,41,42). The Labute approximate surface area is 251 Å². The number of hydrogen-bond acceptors (Lipinski definition) is 6. The van der Waals surface area contributed by atoms with Crippen LogP contribution in [0.1, 0.15) is 49.2 Å². The summed E-state index contributed by atoms with van der Waals surface area (Å²) in [5, 5.41) is 3.51. The van der Waals surface area contributed by atoms with Crippen LogP contribution in [0.5, 0.6) is 0 Å². The average molecular weight is 574 g/mol. The molecule has 218 valence electrons. The molecular formula is C35H36FN7. The number of rotatable bonds is 9. The summed E-state index contributed by atoms with van der Waals surface area (Å²) in [6, 6.07) is 14.0. The molecule has 7 rings (SSSR count). The fraction of sp³-hybridized carbons (Fsp3) is 0.314. The minimum atomic E-state index is -0.243. The highest BCUT2D eigenvalue weighted by molar-refractivity contribution is 6.14. The Morgan fingerprint density at radius 2 is 1.81 bits per heavy atom. The van der Waals surface area contributed by atoms with Crippen molar-refractivity contribution in [2.75, 3.05) is 31.5 Å². The van der Waals surface area contributed by atoms with E-state index in [1.165, 1.54) is 12.0 Å². The summed E-state index contributed by atoms with van der Waals surface area (Å²) in [6.07, 6.45) is 10.5. The minimum Gasteiger partial charge on any atom is -0.384 e. The average Bonchev–Trinajstić information content (AvgIpc) is 3.43. The van der Waals surface area contributed by atoms with Crippen molar-refractivity contribution in [2.24, 2.45) is 10.9 Å². The molecule has 2 aromatic carbocycles. The van der Waals surface area contributed by atoms with Crippen LogP contribution in [0, 0.1) is 11.7 Å². The van der Waals surface area contributed by atoms with Gasteiger partial charge in [0.2, 0.25) is 0 Å². The first-order chi connectivity index (χ1) is 21.0. The molecule has 0 atom stereocenters. The summed E-state index contributed by atoms with van der Waals surface area (Å²) in [6.45, 7) is 8.96. The molecule has 43 heavy (non-hydrogen) atoms. The molecule has 0 radical (unpaired) electrons. The normalized spacial score (nSPS) is 14.9. The van der Waals surface area contributed by atoms with Crippen molar-refractivity contribution in [3.8, 4) is 22.3 Å². The third-order valence-corrected chi connectivity index (χ3v) is 8.38. The van der Waals surface area contributed by atoms with Crippen LogP contribution >= 0.6 is 0 Å². The first kappa shape index (κ1) is 27.4. The summed E-state index contributed by atoms with van der Waals surface area (Å²) in [5.41, 5.74) is 10.4. The van der Waals surface area contributed by atoms with Crippen LogP contribution in [0.3, 0.4) is 0 Å². The van der Waals surface area contributed by atoms with Crippen LogP contribution in [-0.4, -0.2) is 56.7 Å². The van der Waals surface area contributed by atoms with E-state index in [1.54, 1.807) is 24.5 Å². The molecule has 8 heteroatoms. The number of nitrogens with one attached hydrogen (secondary N) is 2. The molecular weight excluding hydrogens is 537 g/mol. The lowest BCUT2D eigenvalue weighted by Crippen LogP contribution is -2.36. The third-order valence-electron chi connectivity index (χ3n) is 8.38. The predicted molar refractivity (Wildman–Crippen MR) is 171 cm³/mol. The van der Waals surface area contributed by atoms with E-state index < -0.39 is 0 Å². The van der Waals surface area contributed by atoms with Crippen molar-refractivity contribution < 1.29 is 4.39 Å². The van der Waals surface area contributed by atoms with E-state index in [1.807, 2.05) is 12.4 Å². The molecule has 3 aromatic heterocycles. The van der Waals surface area contributed by atoms with Gasteiger partial charge in [-0.1, -0.05) is 26.0 Å². The van der Waals surface area contributed by atoms with Crippen molar-refractivity contribution >= 4 is 22.4 Å². The number of benzene rings is 2. The molecule has 5 aromatic rings. The van der Waals surface area contributed by atoms with Gasteiger partial charge in [-0.25, -0.2) is 9.37 Å². The second-order valence-corrected chi connectivity index (χ2v) is 12.1. The van der Waals surface area contributed by atoms with E-state index in [4.69, 9.17) is 9.98 Å². The number of aromatic amines is 1. The van der Waals surface area contributed by atoms with Crippen molar-refractivity contribution in [3.63, 3.8) is 0 Å². The number of aromatic nitrogens is 4. The molecule has 0 spiro atoms. The van der Waals surface area contributed by atoms with Gasteiger partial charge in [0.1, 0.15) is 11.5 Å². The highest BCUT2D eigenvalue weighted by Gasteiger charge is 2.22. The Morgan fingerprint density at radius 3 is 2.65 bits per heavy atom. The molecule has 2 aliphatic heterocycles. The van der Waals surface area contributed by atoms with E-state index in [9.17, 15) is 4.39 Å². The van der Waals surface area contributed by atoms with Gasteiger partial charge in [0.15, 0.2) is 5.82 Å². The maximum Gasteiger partial charge on any atom is 0.157 e. The summed E-state index contributed by atoms with van der Waals surface area (Å²) in [5.74, 6) is 1.10. The zero-order valence-corrected chi connectivity index (χ0v) is 24.7. The number of aliphatic imine (C=N–C) groups is 1. The monoisotopic (exact) mass is 573 g/mol. The van der Waals surface area contributed by atoms with Crippen LogP contribution < -0.4 is 5.32 Å². The minimum absolute atomic E-state index is 0.243. The largest absolute Gasteiger partial charge is 0.384 e. The molecule has 0 bridgehead atoms. The van der Waals surface area contributed by atoms with Gasteiger partial charge in [-0.15, -0.1) is 0 Å². The summed E-state index contributed by atoms with van der Waals surface area (Å²) >= 11 is 0. The van der Waals surface area contributed by atoms with Gasteiger partial charge < -0.3 is 10.3 Å². The van der Waals surface area contributed by atoms with Crippen LogP contribution in [-0.2, 0) is 13.0 Å². The lowest BCUT2D eigenvalue weighted by Gasteiger charge is -2.30. The quantitative estimate of drug-likeness (QED) is 0.201. The van der Waals surface area contributed by atoms with Crippen molar-refractivity contribution in [1.82, 2.24) is 24.8 Å². The Bertz CT molecular complexity index is 1820. The molecule has 1 fully saturated rings. The van der Waals surface area contributed by atoms with Crippen LogP contribution in [0.2, 0.25) is 0 Å². The number of H-pyrrole nitrogens is 1. The van der Waals surface area contributed by atoms with Gasteiger partial charge in [0.25, 0.3) is 0 Å². The number of hydrogen-bond donors (Lipinski definition) is 2. The fourth-order valence-electron chi connectivity index (χ4n) is 5.92. The lowest BCUT2D eigenvalue weighted by atomic mass is 9.93. The summed E-state index contributed by atoms with van der Waals surface area (Å²) in [4.78, 5) is 24.7. The molecule has 0 unspecified atom stereocenters. The van der Waals surface area contributed by atoms with Crippen LogP contribution in [0.25, 0.3) is 33.3 Å². The van der Waals surface area contributed by atoms with E-state index in [-0.39, 0.29) is 5.82 Å². The second kappa shape index (κ2) is 11.7. The summed E-state index contributed by atoms with van der Waals surface area (Å²) in [7, 11) is 0. The van der Waals surface area contributed by atoms with Crippen molar-refractivity contribution in [3.05, 3.63) is 95.6 Å². The third kappa shape index (κ3) is 5.79. The Kier molecular flexibility index (Phi) is 7.45. The number of anilines is 1. The summed E-state index contributed by atoms with van der Waals surface area (Å²) < 4.78 is 14.7. The Hall–Kier alpha value is -4.43. The smallest absolute Gasteiger partial charge is 0.157 e. The van der Waals surface area contributed by atoms with E-state index in [2.05, 4.69) is 69.3 Å². The molecule has 0 amide bonds. The molecule has 0 saturated carbocycles. The number of fused-ring (bicyclic) bond motifs is 2. The van der Waals surface area contributed by atoms with Crippen molar-refractivity contribution in [2.45, 2.75) is 39.7 Å². The zero-order chi connectivity index (χ0) is 29.3. The van der Waals surface area contributed by atoms with Crippen LogP contribution in [0.15, 0.2) is 72.2 Å². The van der Waals surface area contributed by atoms with E-state index in [0.717, 1.165) is 94.8 Å². The molecule has 2 N–H and O–H groups in total. The fourth-order valence-corrected chi connectivity index (χ4v) is 5.92. The Balaban J connectivity index is 1.22. The van der Waals surface area contributed by atoms with Crippen molar-refractivity contribution in [1.29, 1.82) is 0 Å². The Morgan fingerprint density at radius 1 is 0.930 bits per heavy atom. The van der Waals surface area contributed by atoms with E-state index >= 15 is 0 Å². The maximum atomic E-state index is 14.7. The zero-order valence-electron chi connectivity index (χ0n) is 24.7. The van der Waals surface area contributed by atoms with Gasteiger partial charge in [-0.2, -0.15) is 0 Å². The lowest BCUT2D eigenvalue weighted by molar-refractivity contribution is 0.172. The topological polar surface area (TPSA) is 82.1 Å². The first-order valence-electron chi connectivity index (χ1n) is 15.2.